The van der Waals surface area contributed by atoms with Gasteiger partial charge in [0.2, 0.25) is 0 Å². The molecule has 0 amide bonds. The van der Waals surface area contributed by atoms with Crippen LogP contribution in [0.1, 0.15) is 39.0 Å². The third-order valence-electron chi connectivity index (χ3n) is 4.05. The van der Waals surface area contributed by atoms with Crippen LogP contribution >= 0.6 is 0 Å². The van der Waals surface area contributed by atoms with Crippen LogP contribution in [0.5, 0.6) is 0 Å². The maximum absolute atomic E-state index is 11.8. The molecule has 0 aliphatic heterocycles. The highest BCUT2D eigenvalue weighted by Crippen LogP contribution is 2.51. The van der Waals surface area contributed by atoms with E-state index in [2.05, 4.69) is 0 Å². The summed E-state index contributed by atoms with van der Waals surface area (Å²) in [4.78, 5) is 11.8. The first-order valence-electron chi connectivity index (χ1n) is 6.40. The summed E-state index contributed by atoms with van der Waals surface area (Å²) < 4.78 is 10.4. The zero-order chi connectivity index (χ0) is 11.5. The standard InChI is InChI=1S/C13H22O3/c1-9(15-2)5-6-16-13(14)11-4-3-10-7-12(10)8-11/h9-12H,3-8H2,1-2H3. The quantitative estimate of drug-likeness (QED) is 0.675. The van der Waals surface area contributed by atoms with Gasteiger partial charge in [-0.15, -0.1) is 0 Å². The average molecular weight is 226 g/mol. The van der Waals surface area contributed by atoms with Gasteiger partial charge in [-0.2, -0.15) is 0 Å². The van der Waals surface area contributed by atoms with Crippen molar-refractivity contribution in [2.45, 2.75) is 45.1 Å². The topological polar surface area (TPSA) is 35.5 Å². The second-order valence-electron chi connectivity index (χ2n) is 5.27. The van der Waals surface area contributed by atoms with Crippen molar-refractivity contribution in [1.82, 2.24) is 0 Å². The second-order valence-corrected chi connectivity index (χ2v) is 5.27. The minimum atomic E-state index is 0.0219. The van der Waals surface area contributed by atoms with Crippen LogP contribution in [0.3, 0.4) is 0 Å². The molecule has 0 radical (unpaired) electrons. The molecule has 92 valence electrons. The molecule has 4 atom stereocenters. The van der Waals surface area contributed by atoms with E-state index in [1.165, 1.54) is 12.8 Å². The van der Waals surface area contributed by atoms with Crippen LogP contribution in [0.25, 0.3) is 0 Å². The summed E-state index contributed by atoms with van der Waals surface area (Å²) in [6.07, 6.45) is 5.67. The van der Waals surface area contributed by atoms with Crippen LogP contribution in [0.2, 0.25) is 0 Å². The van der Waals surface area contributed by atoms with Gasteiger partial charge in [0.05, 0.1) is 18.6 Å². The number of fused-ring (bicyclic) bond motifs is 1. The number of carbonyl (C=O) groups excluding carboxylic acids is 1. The Morgan fingerprint density at radius 2 is 2.12 bits per heavy atom. The Labute approximate surface area is 97.5 Å². The molecule has 3 heteroatoms. The largest absolute Gasteiger partial charge is 0.465 e. The van der Waals surface area contributed by atoms with Crippen LogP contribution in [-0.4, -0.2) is 25.8 Å². The van der Waals surface area contributed by atoms with E-state index in [0.717, 1.165) is 31.1 Å². The number of rotatable bonds is 5. The number of methoxy groups -OCH3 is 1. The van der Waals surface area contributed by atoms with E-state index in [-0.39, 0.29) is 18.0 Å². The van der Waals surface area contributed by atoms with Crippen LogP contribution in [0.15, 0.2) is 0 Å². The van der Waals surface area contributed by atoms with E-state index < -0.39 is 0 Å². The van der Waals surface area contributed by atoms with Gasteiger partial charge in [-0.25, -0.2) is 0 Å². The average Bonchev–Trinajstić information content (AvgIpc) is 3.06. The lowest BCUT2D eigenvalue weighted by Gasteiger charge is -2.20. The first-order valence-corrected chi connectivity index (χ1v) is 6.40. The molecule has 0 aromatic rings. The normalized spacial score (nSPS) is 34.0. The summed E-state index contributed by atoms with van der Waals surface area (Å²) in [5.41, 5.74) is 0. The van der Waals surface area contributed by atoms with Gasteiger partial charge in [-0.3, -0.25) is 4.79 Å². The molecule has 2 aliphatic carbocycles. The van der Waals surface area contributed by atoms with E-state index in [4.69, 9.17) is 9.47 Å². The zero-order valence-corrected chi connectivity index (χ0v) is 10.3. The summed E-state index contributed by atoms with van der Waals surface area (Å²) in [5, 5.41) is 0. The van der Waals surface area contributed by atoms with Gasteiger partial charge < -0.3 is 9.47 Å². The van der Waals surface area contributed by atoms with Crippen molar-refractivity contribution in [3.05, 3.63) is 0 Å². The Bertz CT molecular complexity index is 252. The number of carbonyl (C=O) groups is 1. The molecule has 0 aromatic heterocycles. The molecule has 0 bridgehead atoms. The smallest absolute Gasteiger partial charge is 0.308 e. The van der Waals surface area contributed by atoms with Crippen LogP contribution < -0.4 is 0 Å². The maximum atomic E-state index is 11.8. The van der Waals surface area contributed by atoms with Gasteiger partial charge in [0, 0.05) is 13.5 Å². The molecule has 0 spiro atoms. The van der Waals surface area contributed by atoms with E-state index >= 15 is 0 Å². The number of ether oxygens (including phenoxy) is 2. The summed E-state index contributed by atoms with van der Waals surface area (Å²) in [5.74, 6) is 1.98. The van der Waals surface area contributed by atoms with E-state index in [9.17, 15) is 4.79 Å². The summed E-state index contributed by atoms with van der Waals surface area (Å²) in [6, 6.07) is 0. The predicted molar refractivity (Wildman–Crippen MR) is 61.0 cm³/mol. The second kappa shape index (κ2) is 5.17. The highest BCUT2D eigenvalue weighted by Gasteiger charge is 2.44. The Balaban J connectivity index is 1.63. The van der Waals surface area contributed by atoms with E-state index in [0.29, 0.717) is 6.61 Å². The van der Waals surface area contributed by atoms with Gasteiger partial charge in [0.1, 0.15) is 0 Å². The molecule has 2 rings (SSSR count). The Morgan fingerprint density at radius 1 is 1.31 bits per heavy atom. The lowest BCUT2D eigenvalue weighted by Crippen LogP contribution is -2.23. The van der Waals surface area contributed by atoms with Crippen molar-refractivity contribution in [3.63, 3.8) is 0 Å². The van der Waals surface area contributed by atoms with Crippen LogP contribution in [0.4, 0.5) is 0 Å². The summed E-state index contributed by atoms with van der Waals surface area (Å²) in [7, 11) is 1.68. The lowest BCUT2D eigenvalue weighted by atomic mass is 9.89. The fourth-order valence-electron chi connectivity index (χ4n) is 2.63. The molecule has 2 fully saturated rings. The van der Waals surface area contributed by atoms with Crippen molar-refractivity contribution < 1.29 is 14.3 Å². The molecule has 4 unspecified atom stereocenters. The molecule has 0 saturated heterocycles. The molecule has 2 aliphatic rings. The number of hydrogen-bond donors (Lipinski definition) is 0. The first kappa shape index (κ1) is 11.9. The molecule has 2 saturated carbocycles. The highest BCUT2D eigenvalue weighted by molar-refractivity contribution is 5.72. The highest BCUT2D eigenvalue weighted by atomic mass is 16.5. The van der Waals surface area contributed by atoms with E-state index in [1.807, 2.05) is 6.92 Å². The minimum absolute atomic E-state index is 0.0219. The van der Waals surface area contributed by atoms with Gasteiger partial charge >= 0.3 is 5.97 Å². The van der Waals surface area contributed by atoms with Crippen LogP contribution in [-0.2, 0) is 14.3 Å². The fourth-order valence-corrected chi connectivity index (χ4v) is 2.63. The monoisotopic (exact) mass is 226 g/mol. The molecular weight excluding hydrogens is 204 g/mol. The SMILES string of the molecule is COC(C)CCOC(=O)C1CCC2CC2C1. The Kier molecular flexibility index (Phi) is 3.85. The minimum Gasteiger partial charge on any atom is -0.465 e. The van der Waals surface area contributed by atoms with Crippen molar-refractivity contribution in [2.24, 2.45) is 17.8 Å². The summed E-state index contributed by atoms with van der Waals surface area (Å²) in [6.45, 7) is 2.49. The van der Waals surface area contributed by atoms with Crippen molar-refractivity contribution >= 4 is 5.97 Å². The van der Waals surface area contributed by atoms with Crippen molar-refractivity contribution in [2.75, 3.05) is 13.7 Å². The van der Waals surface area contributed by atoms with Gasteiger partial charge in [0.15, 0.2) is 0 Å². The zero-order valence-electron chi connectivity index (χ0n) is 10.3. The van der Waals surface area contributed by atoms with Gasteiger partial charge in [0.25, 0.3) is 0 Å². The lowest BCUT2D eigenvalue weighted by molar-refractivity contribution is -0.150. The molecule has 0 aromatic carbocycles. The maximum Gasteiger partial charge on any atom is 0.308 e. The molecule has 0 N–H and O–H groups in total. The molecular formula is C13H22O3. The van der Waals surface area contributed by atoms with Gasteiger partial charge in [-0.05, 0) is 44.4 Å². The Morgan fingerprint density at radius 3 is 2.81 bits per heavy atom. The predicted octanol–water partition coefficient (Wildman–Crippen LogP) is 2.39. The number of esters is 1. The van der Waals surface area contributed by atoms with Gasteiger partial charge in [-0.1, -0.05) is 0 Å². The number of hydrogen-bond acceptors (Lipinski definition) is 3. The third-order valence-corrected chi connectivity index (χ3v) is 4.05. The van der Waals surface area contributed by atoms with E-state index in [1.54, 1.807) is 7.11 Å². The Hall–Kier alpha value is -0.570. The third kappa shape index (κ3) is 2.97. The first-order chi connectivity index (χ1) is 7.70. The van der Waals surface area contributed by atoms with Crippen LogP contribution in [0, 0.1) is 17.8 Å². The van der Waals surface area contributed by atoms with Crippen molar-refractivity contribution in [1.29, 1.82) is 0 Å². The molecule has 0 heterocycles. The van der Waals surface area contributed by atoms with Crippen molar-refractivity contribution in [3.8, 4) is 0 Å². The molecule has 3 nitrogen and oxygen atoms in total. The molecule has 16 heavy (non-hydrogen) atoms. The fraction of sp³-hybridized carbons (Fsp3) is 0.923. The summed E-state index contributed by atoms with van der Waals surface area (Å²) >= 11 is 0.